The summed E-state index contributed by atoms with van der Waals surface area (Å²) in [6.45, 7) is 5.86. The lowest BCUT2D eigenvalue weighted by Gasteiger charge is -2.26. The molecular weight excluding hydrogens is 196 g/mol. The number of hydrogen-bond donors (Lipinski definition) is 1. The summed E-state index contributed by atoms with van der Waals surface area (Å²) >= 11 is 0. The van der Waals surface area contributed by atoms with E-state index in [0.29, 0.717) is 0 Å². The molecule has 2 fully saturated rings. The summed E-state index contributed by atoms with van der Waals surface area (Å²) in [5, 5.41) is 0. The third-order valence-corrected chi connectivity index (χ3v) is 4.59. The van der Waals surface area contributed by atoms with Crippen LogP contribution in [0.2, 0.25) is 0 Å². The maximum atomic E-state index is 5.79. The van der Waals surface area contributed by atoms with Crippen LogP contribution >= 0.6 is 0 Å². The molecule has 0 spiro atoms. The van der Waals surface area contributed by atoms with E-state index in [-0.39, 0.29) is 0 Å². The van der Waals surface area contributed by atoms with Gasteiger partial charge in [-0.15, -0.1) is 0 Å². The van der Waals surface area contributed by atoms with Gasteiger partial charge in [0.25, 0.3) is 0 Å². The van der Waals surface area contributed by atoms with E-state index in [9.17, 15) is 0 Å². The summed E-state index contributed by atoms with van der Waals surface area (Å²) in [4.78, 5) is 2.70. The maximum absolute atomic E-state index is 5.79. The van der Waals surface area contributed by atoms with Gasteiger partial charge in [-0.25, -0.2) is 0 Å². The average molecular weight is 224 g/mol. The fourth-order valence-corrected chi connectivity index (χ4v) is 3.52. The van der Waals surface area contributed by atoms with Crippen LogP contribution < -0.4 is 5.73 Å². The van der Waals surface area contributed by atoms with Crippen molar-refractivity contribution in [3.63, 3.8) is 0 Å². The van der Waals surface area contributed by atoms with Gasteiger partial charge < -0.3 is 10.6 Å². The minimum Gasteiger partial charge on any atom is -0.330 e. The average Bonchev–Trinajstić information content (AvgIpc) is 2.51. The van der Waals surface area contributed by atoms with E-state index >= 15 is 0 Å². The van der Waals surface area contributed by atoms with Crippen molar-refractivity contribution < 1.29 is 0 Å². The summed E-state index contributed by atoms with van der Waals surface area (Å²) in [6.07, 6.45) is 10.1. The third-order valence-electron chi connectivity index (χ3n) is 4.59. The number of likely N-dealkylation sites (tertiary alicyclic amines) is 1. The Kier molecular flexibility index (Phi) is 4.66. The van der Waals surface area contributed by atoms with Gasteiger partial charge in [0, 0.05) is 19.1 Å². The SMILES string of the molecule is CC1CC(CN)CN1CC1CCCCCC1. The molecule has 2 atom stereocenters. The molecule has 1 aliphatic heterocycles. The van der Waals surface area contributed by atoms with E-state index in [1.807, 2.05) is 0 Å². The van der Waals surface area contributed by atoms with Gasteiger partial charge in [-0.3, -0.25) is 0 Å². The predicted octanol–water partition coefficient (Wildman–Crippen LogP) is 2.63. The van der Waals surface area contributed by atoms with Gasteiger partial charge in [0.05, 0.1) is 0 Å². The molecule has 0 bridgehead atoms. The van der Waals surface area contributed by atoms with Crippen LogP contribution in [-0.4, -0.2) is 30.6 Å². The molecule has 2 heteroatoms. The van der Waals surface area contributed by atoms with Crippen LogP contribution in [0.4, 0.5) is 0 Å². The second-order valence-corrected chi connectivity index (χ2v) is 6.00. The highest BCUT2D eigenvalue weighted by molar-refractivity contribution is 4.84. The normalized spacial score (nSPS) is 34.1. The molecule has 2 aliphatic rings. The molecule has 0 amide bonds. The Balaban J connectivity index is 1.79. The number of nitrogens with two attached hydrogens (primary N) is 1. The first-order valence-corrected chi connectivity index (χ1v) is 7.23. The van der Waals surface area contributed by atoms with Crippen molar-refractivity contribution in [3.05, 3.63) is 0 Å². The van der Waals surface area contributed by atoms with Crippen molar-refractivity contribution in [2.75, 3.05) is 19.6 Å². The van der Waals surface area contributed by atoms with Gasteiger partial charge in [0.15, 0.2) is 0 Å². The van der Waals surface area contributed by atoms with Crippen molar-refractivity contribution >= 4 is 0 Å². The molecule has 0 radical (unpaired) electrons. The molecule has 2 N–H and O–H groups in total. The monoisotopic (exact) mass is 224 g/mol. The molecule has 16 heavy (non-hydrogen) atoms. The zero-order valence-electron chi connectivity index (χ0n) is 10.8. The number of nitrogens with zero attached hydrogens (tertiary/aromatic N) is 1. The molecule has 0 aromatic rings. The zero-order valence-corrected chi connectivity index (χ0v) is 10.8. The summed E-state index contributed by atoms with van der Waals surface area (Å²) in [7, 11) is 0. The smallest absolute Gasteiger partial charge is 0.00707 e. The molecule has 2 rings (SSSR count). The third kappa shape index (κ3) is 3.21. The van der Waals surface area contributed by atoms with Crippen molar-refractivity contribution in [1.82, 2.24) is 4.90 Å². The molecule has 1 saturated heterocycles. The summed E-state index contributed by atoms with van der Waals surface area (Å²) < 4.78 is 0. The van der Waals surface area contributed by atoms with Gasteiger partial charge in [-0.1, -0.05) is 25.7 Å². The summed E-state index contributed by atoms with van der Waals surface area (Å²) in [5.41, 5.74) is 5.79. The van der Waals surface area contributed by atoms with E-state index in [1.54, 1.807) is 0 Å². The van der Waals surface area contributed by atoms with E-state index in [2.05, 4.69) is 11.8 Å². The molecular formula is C14H28N2. The van der Waals surface area contributed by atoms with Gasteiger partial charge in [0.2, 0.25) is 0 Å². The highest BCUT2D eigenvalue weighted by atomic mass is 15.2. The number of rotatable bonds is 3. The Labute approximate surface area is 101 Å². The Hall–Kier alpha value is -0.0800. The minimum absolute atomic E-state index is 0.765. The van der Waals surface area contributed by atoms with Crippen LogP contribution in [0.15, 0.2) is 0 Å². The van der Waals surface area contributed by atoms with Crippen LogP contribution in [0, 0.1) is 11.8 Å². The molecule has 94 valence electrons. The minimum atomic E-state index is 0.765. The van der Waals surface area contributed by atoms with Gasteiger partial charge in [0.1, 0.15) is 0 Å². The lowest BCUT2D eigenvalue weighted by molar-refractivity contribution is 0.210. The van der Waals surface area contributed by atoms with Gasteiger partial charge in [-0.2, -0.15) is 0 Å². The van der Waals surface area contributed by atoms with Crippen LogP contribution in [0.3, 0.4) is 0 Å². The van der Waals surface area contributed by atoms with Crippen LogP contribution in [0.1, 0.15) is 51.9 Å². The van der Waals surface area contributed by atoms with E-state index in [1.165, 1.54) is 58.0 Å². The Morgan fingerprint density at radius 3 is 2.31 bits per heavy atom. The molecule has 1 heterocycles. The quantitative estimate of drug-likeness (QED) is 0.747. The maximum Gasteiger partial charge on any atom is 0.00707 e. The standard InChI is InChI=1S/C14H28N2/c1-12-8-14(9-15)11-16(12)10-13-6-4-2-3-5-7-13/h12-14H,2-11,15H2,1H3. The second-order valence-electron chi connectivity index (χ2n) is 6.00. The highest BCUT2D eigenvalue weighted by Crippen LogP contribution is 2.28. The predicted molar refractivity (Wildman–Crippen MR) is 69.4 cm³/mol. The van der Waals surface area contributed by atoms with E-state index in [0.717, 1.165) is 24.4 Å². The Morgan fingerprint density at radius 2 is 1.75 bits per heavy atom. The van der Waals surface area contributed by atoms with Crippen LogP contribution in [-0.2, 0) is 0 Å². The number of hydrogen-bond acceptors (Lipinski definition) is 2. The van der Waals surface area contributed by atoms with Crippen LogP contribution in [0.25, 0.3) is 0 Å². The fourth-order valence-electron chi connectivity index (χ4n) is 3.52. The van der Waals surface area contributed by atoms with Crippen molar-refractivity contribution in [2.45, 2.75) is 57.9 Å². The first kappa shape index (κ1) is 12.4. The first-order valence-electron chi connectivity index (χ1n) is 7.23. The summed E-state index contributed by atoms with van der Waals surface area (Å²) in [6, 6.07) is 0.775. The second kappa shape index (κ2) is 6.02. The Morgan fingerprint density at radius 1 is 1.06 bits per heavy atom. The highest BCUT2D eigenvalue weighted by Gasteiger charge is 2.29. The largest absolute Gasteiger partial charge is 0.330 e. The molecule has 2 unspecified atom stereocenters. The van der Waals surface area contributed by atoms with Gasteiger partial charge >= 0.3 is 0 Å². The van der Waals surface area contributed by atoms with Crippen molar-refractivity contribution in [1.29, 1.82) is 0 Å². The van der Waals surface area contributed by atoms with Crippen LogP contribution in [0.5, 0.6) is 0 Å². The Bertz CT molecular complexity index is 197. The lowest BCUT2D eigenvalue weighted by atomic mass is 9.99. The molecule has 0 aromatic heterocycles. The molecule has 1 saturated carbocycles. The zero-order chi connectivity index (χ0) is 11.4. The van der Waals surface area contributed by atoms with Gasteiger partial charge in [-0.05, 0) is 44.6 Å². The topological polar surface area (TPSA) is 29.3 Å². The summed E-state index contributed by atoms with van der Waals surface area (Å²) in [5.74, 6) is 1.74. The fraction of sp³-hybridized carbons (Fsp3) is 1.00. The lowest BCUT2D eigenvalue weighted by Crippen LogP contribution is -2.32. The molecule has 0 aromatic carbocycles. The molecule has 1 aliphatic carbocycles. The molecule has 2 nitrogen and oxygen atoms in total. The first-order chi connectivity index (χ1) is 7.79. The van der Waals surface area contributed by atoms with Crippen molar-refractivity contribution in [3.8, 4) is 0 Å². The van der Waals surface area contributed by atoms with E-state index < -0.39 is 0 Å². The van der Waals surface area contributed by atoms with E-state index in [4.69, 9.17) is 5.73 Å². The van der Waals surface area contributed by atoms with Crippen molar-refractivity contribution in [2.24, 2.45) is 17.6 Å².